The molecule has 31 heavy (non-hydrogen) atoms. The highest BCUT2D eigenvalue weighted by Gasteiger charge is 2.20. The van der Waals surface area contributed by atoms with Crippen molar-refractivity contribution >= 4 is 17.0 Å². The van der Waals surface area contributed by atoms with Gasteiger partial charge in [-0.05, 0) is 41.8 Å². The fourth-order valence-corrected chi connectivity index (χ4v) is 3.73. The lowest BCUT2D eigenvalue weighted by Gasteiger charge is -2.16. The molecule has 0 aliphatic carbocycles. The molecule has 0 radical (unpaired) electrons. The van der Waals surface area contributed by atoms with E-state index in [0.717, 1.165) is 35.2 Å². The molecule has 4 rings (SSSR count). The number of oxazole rings is 1. The van der Waals surface area contributed by atoms with Gasteiger partial charge in [0.2, 0.25) is 5.91 Å². The van der Waals surface area contributed by atoms with Crippen LogP contribution in [0.1, 0.15) is 12.0 Å². The Balaban J connectivity index is 1.45. The highest BCUT2D eigenvalue weighted by atomic mass is 16.4. The first-order valence-corrected chi connectivity index (χ1v) is 10.3. The molecule has 1 aliphatic rings. The van der Waals surface area contributed by atoms with Crippen LogP contribution in [0.5, 0.6) is 0 Å². The van der Waals surface area contributed by atoms with E-state index in [0.29, 0.717) is 18.5 Å². The number of fused-ring (bicyclic) bond motifs is 1. The molecule has 1 aromatic heterocycles. The van der Waals surface area contributed by atoms with E-state index < -0.39 is 6.04 Å². The number of rotatable bonds is 5. The van der Waals surface area contributed by atoms with Gasteiger partial charge in [0.15, 0.2) is 5.58 Å². The summed E-state index contributed by atoms with van der Waals surface area (Å²) >= 11 is 0. The molecule has 2 heterocycles. The van der Waals surface area contributed by atoms with Crippen LogP contribution < -0.4 is 16.4 Å². The fraction of sp³-hybridized carbons (Fsp3) is 0.292. The number of carbonyl (C=O) groups is 1. The van der Waals surface area contributed by atoms with Gasteiger partial charge in [0.25, 0.3) is 0 Å². The van der Waals surface area contributed by atoms with E-state index in [1.165, 1.54) is 4.57 Å². The minimum atomic E-state index is -0.591. The summed E-state index contributed by atoms with van der Waals surface area (Å²) in [5.41, 5.74) is 4.21. The van der Waals surface area contributed by atoms with Crippen LogP contribution in [0.4, 0.5) is 0 Å². The van der Waals surface area contributed by atoms with Crippen LogP contribution in [-0.2, 0) is 18.3 Å². The topological polar surface area (TPSA) is 100 Å². The Labute approximate surface area is 180 Å². The maximum Gasteiger partial charge on any atom is 0.419 e. The first-order valence-electron chi connectivity index (χ1n) is 10.3. The normalized spacial score (nSPS) is 17.1. The van der Waals surface area contributed by atoms with Gasteiger partial charge in [-0.25, -0.2) is 4.79 Å². The minimum Gasteiger partial charge on any atom is -0.408 e. The molecule has 2 aromatic carbocycles. The molecule has 3 aromatic rings. The van der Waals surface area contributed by atoms with Gasteiger partial charge in [-0.3, -0.25) is 9.36 Å². The quantitative estimate of drug-likeness (QED) is 0.623. The number of hydrogen-bond acceptors (Lipinski definition) is 5. The molecule has 0 fully saturated rings. The zero-order valence-corrected chi connectivity index (χ0v) is 17.3. The second kappa shape index (κ2) is 9.02. The lowest BCUT2D eigenvalue weighted by Crippen LogP contribution is -2.41. The van der Waals surface area contributed by atoms with Crippen molar-refractivity contribution in [2.24, 2.45) is 13.0 Å². The second-order valence-electron chi connectivity index (χ2n) is 7.73. The van der Waals surface area contributed by atoms with Crippen LogP contribution in [0.25, 0.3) is 22.2 Å². The van der Waals surface area contributed by atoms with Gasteiger partial charge < -0.3 is 15.1 Å². The molecule has 2 atom stereocenters. The van der Waals surface area contributed by atoms with E-state index >= 15 is 0 Å². The molecule has 0 saturated carbocycles. The fourth-order valence-electron chi connectivity index (χ4n) is 3.73. The minimum absolute atomic E-state index is 0.132. The van der Waals surface area contributed by atoms with E-state index in [9.17, 15) is 14.9 Å². The monoisotopic (exact) mass is 416 g/mol. The SMILES string of the molecule is Cn1c(=O)oc2ccc(-c3ccc(CC(C#N)NC(=O)C4C=CCCNC4)cc3)cc21. The Bertz CT molecular complexity index is 1210. The van der Waals surface area contributed by atoms with Gasteiger partial charge in [-0.1, -0.05) is 42.5 Å². The van der Waals surface area contributed by atoms with Crippen LogP contribution in [0.2, 0.25) is 0 Å². The summed E-state index contributed by atoms with van der Waals surface area (Å²) in [5, 5.41) is 15.6. The number of nitrogens with one attached hydrogen (secondary N) is 2. The van der Waals surface area contributed by atoms with Gasteiger partial charge in [0, 0.05) is 20.0 Å². The van der Waals surface area contributed by atoms with E-state index in [-0.39, 0.29) is 17.6 Å². The number of aryl methyl sites for hydroxylation is 1. The summed E-state index contributed by atoms with van der Waals surface area (Å²) < 4.78 is 6.66. The number of amides is 1. The van der Waals surface area contributed by atoms with Crippen LogP contribution in [0.3, 0.4) is 0 Å². The first kappa shape index (κ1) is 20.6. The molecule has 7 nitrogen and oxygen atoms in total. The third-order valence-corrected chi connectivity index (χ3v) is 5.55. The van der Waals surface area contributed by atoms with Crippen molar-refractivity contribution in [3.8, 4) is 17.2 Å². The van der Waals surface area contributed by atoms with E-state index in [4.69, 9.17) is 4.42 Å². The van der Waals surface area contributed by atoms with E-state index in [1.807, 2.05) is 48.6 Å². The Morgan fingerprint density at radius 2 is 2.06 bits per heavy atom. The average molecular weight is 416 g/mol. The van der Waals surface area contributed by atoms with Crippen molar-refractivity contribution in [2.75, 3.05) is 13.1 Å². The molecule has 7 heteroatoms. The van der Waals surface area contributed by atoms with Crippen molar-refractivity contribution in [3.63, 3.8) is 0 Å². The van der Waals surface area contributed by atoms with Crippen LogP contribution in [0.15, 0.2) is 63.8 Å². The number of nitriles is 1. The lowest BCUT2D eigenvalue weighted by atomic mass is 10.00. The number of nitrogens with zero attached hydrogens (tertiary/aromatic N) is 2. The van der Waals surface area contributed by atoms with Gasteiger partial charge in [0.1, 0.15) is 6.04 Å². The molecular formula is C24H24N4O3. The Morgan fingerprint density at radius 3 is 2.84 bits per heavy atom. The molecule has 158 valence electrons. The summed E-state index contributed by atoms with van der Waals surface area (Å²) in [4.78, 5) is 24.2. The van der Waals surface area contributed by atoms with Crippen LogP contribution in [-0.4, -0.2) is 29.6 Å². The molecule has 1 aliphatic heterocycles. The Morgan fingerprint density at radius 1 is 1.29 bits per heavy atom. The number of hydrogen-bond donors (Lipinski definition) is 2. The average Bonchev–Trinajstić information content (AvgIpc) is 2.96. The number of benzene rings is 2. The van der Waals surface area contributed by atoms with Crippen molar-refractivity contribution in [3.05, 3.63) is 70.7 Å². The molecule has 0 bridgehead atoms. The Kier molecular flexibility index (Phi) is 6.01. The zero-order chi connectivity index (χ0) is 21.8. The van der Waals surface area contributed by atoms with Crippen molar-refractivity contribution in [1.29, 1.82) is 5.26 Å². The predicted octanol–water partition coefficient (Wildman–Crippen LogP) is 2.52. The molecule has 1 amide bonds. The second-order valence-corrected chi connectivity index (χ2v) is 7.73. The standard InChI is InChI=1S/C24H24N4O3/c1-28-21-13-18(9-10-22(21)31-24(28)30)17-7-5-16(6-8-17)12-20(14-25)27-23(29)19-4-2-3-11-26-15-19/h2,4-10,13,19-20,26H,3,11-12,15H2,1H3,(H,27,29). The van der Waals surface area contributed by atoms with Crippen LogP contribution >= 0.6 is 0 Å². The first-order chi connectivity index (χ1) is 15.0. The number of carbonyl (C=O) groups excluding carboxylic acids is 1. The zero-order valence-electron chi connectivity index (χ0n) is 17.3. The molecule has 2 N–H and O–H groups in total. The maximum atomic E-state index is 12.5. The highest BCUT2D eigenvalue weighted by Crippen LogP contribution is 2.24. The molecule has 0 saturated heterocycles. The lowest BCUT2D eigenvalue weighted by molar-refractivity contribution is -0.123. The third kappa shape index (κ3) is 4.60. The maximum absolute atomic E-state index is 12.5. The van der Waals surface area contributed by atoms with Gasteiger partial charge >= 0.3 is 5.76 Å². The van der Waals surface area contributed by atoms with Crippen LogP contribution in [0, 0.1) is 17.2 Å². The van der Waals surface area contributed by atoms with Gasteiger partial charge in [0.05, 0.1) is 17.5 Å². The summed E-state index contributed by atoms with van der Waals surface area (Å²) in [6.07, 6.45) is 5.25. The van der Waals surface area contributed by atoms with Crippen molar-refractivity contribution in [2.45, 2.75) is 18.9 Å². The molecular weight excluding hydrogens is 392 g/mol. The smallest absolute Gasteiger partial charge is 0.408 e. The predicted molar refractivity (Wildman–Crippen MR) is 118 cm³/mol. The van der Waals surface area contributed by atoms with Gasteiger partial charge in [-0.15, -0.1) is 0 Å². The highest BCUT2D eigenvalue weighted by molar-refractivity contribution is 5.82. The number of aromatic nitrogens is 1. The van der Waals surface area contributed by atoms with Crippen molar-refractivity contribution in [1.82, 2.24) is 15.2 Å². The molecule has 2 unspecified atom stereocenters. The van der Waals surface area contributed by atoms with Crippen molar-refractivity contribution < 1.29 is 9.21 Å². The summed E-state index contributed by atoms with van der Waals surface area (Å²) in [6, 6.07) is 15.1. The third-order valence-electron chi connectivity index (χ3n) is 5.55. The summed E-state index contributed by atoms with van der Waals surface area (Å²) in [6.45, 7) is 1.44. The molecule has 0 spiro atoms. The Hall–Kier alpha value is -3.63. The van der Waals surface area contributed by atoms with E-state index in [2.05, 4.69) is 16.7 Å². The summed E-state index contributed by atoms with van der Waals surface area (Å²) in [7, 11) is 1.68. The summed E-state index contributed by atoms with van der Waals surface area (Å²) in [5.74, 6) is -0.774. The van der Waals surface area contributed by atoms with Gasteiger partial charge in [-0.2, -0.15) is 5.26 Å². The van der Waals surface area contributed by atoms with E-state index in [1.54, 1.807) is 13.1 Å². The largest absolute Gasteiger partial charge is 0.419 e.